The number of rotatable bonds is 5. The lowest BCUT2D eigenvalue weighted by atomic mass is 10.3. The van der Waals surface area contributed by atoms with Crippen molar-refractivity contribution in [2.24, 2.45) is 0 Å². The summed E-state index contributed by atoms with van der Waals surface area (Å²) in [6, 6.07) is 7.15. The van der Waals surface area contributed by atoms with Gasteiger partial charge in [0.05, 0.1) is 5.75 Å². The molecular formula is C16H16ClN3O2S2. The fraction of sp³-hybridized carbons (Fsp3) is 0.188. The molecule has 8 heteroatoms. The van der Waals surface area contributed by atoms with Crippen LogP contribution in [0, 0.1) is 0 Å². The second-order valence-corrected chi connectivity index (χ2v) is 6.76. The molecule has 1 N–H and O–H groups in total. The predicted molar refractivity (Wildman–Crippen MR) is 101 cm³/mol. The summed E-state index contributed by atoms with van der Waals surface area (Å²) in [6.45, 7) is 0. The van der Waals surface area contributed by atoms with Crippen LogP contribution >= 0.6 is 34.7 Å². The standard InChI is InChI=1S/C15H12ClN3O2S2.CH4/c1-22-8-10-4-5-11(21-10)13(20)19-15-12(16)18-14(23-15)9-3-2-6-17-7-9;/h2-7H,8H2,1H3,(H,19,20);1H4. The maximum atomic E-state index is 12.2. The first-order chi connectivity index (χ1) is 11.2. The third kappa shape index (κ3) is 4.17. The topological polar surface area (TPSA) is 68.0 Å². The van der Waals surface area contributed by atoms with E-state index < -0.39 is 0 Å². The van der Waals surface area contributed by atoms with E-state index in [1.807, 2.05) is 18.4 Å². The highest BCUT2D eigenvalue weighted by Crippen LogP contribution is 2.35. The molecule has 0 atom stereocenters. The Morgan fingerprint density at radius 3 is 2.96 bits per heavy atom. The number of hydrogen-bond donors (Lipinski definition) is 1. The van der Waals surface area contributed by atoms with Gasteiger partial charge in [0.2, 0.25) is 0 Å². The Labute approximate surface area is 153 Å². The third-order valence-electron chi connectivity index (χ3n) is 2.89. The van der Waals surface area contributed by atoms with Crippen molar-refractivity contribution in [2.45, 2.75) is 13.2 Å². The number of nitrogens with zero attached hydrogens (tertiary/aromatic N) is 2. The first-order valence-electron chi connectivity index (χ1n) is 6.63. The Bertz CT molecular complexity index is 818. The van der Waals surface area contributed by atoms with Crippen molar-refractivity contribution in [3.05, 3.63) is 53.3 Å². The third-order valence-corrected chi connectivity index (χ3v) is 4.87. The molecule has 3 heterocycles. The van der Waals surface area contributed by atoms with Gasteiger partial charge in [-0.05, 0) is 30.5 Å². The Kier molecular flexibility index (Phi) is 6.42. The normalized spacial score (nSPS) is 10.2. The van der Waals surface area contributed by atoms with Gasteiger partial charge in [0.1, 0.15) is 15.8 Å². The predicted octanol–water partition coefficient (Wildman–Crippen LogP) is 5.20. The molecule has 1 amide bonds. The number of thiazole rings is 1. The van der Waals surface area contributed by atoms with Gasteiger partial charge < -0.3 is 9.73 Å². The van der Waals surface area contributed by atoms with Gasteiger partial charge in [0, 0.05) is 18.0 Å². The average molecular weight is 382 g/mol. The zero-order valence-electron chi connectivity index (χ0n) is 12.1. The van der Waals surface area contributed by atoms with Crippen molar-refractivity contribution in [1.29, 1.82) is 0 Å². The van der Waals surface area contributed by atoms with Gasteiger partial charge in [0.15, 0.2) is 10.9 Å². The van der Waals surface area contributed by atoms with E-state index in [-0.39, 0.29) is 24.2 Å². The maximum Gasteiger partial charge on any atom is 0.292 e. The molecule has 0 saturated heterocycles. The van der Waals surface area contributed by atoms with Crippen LogP contribution in [-0.4, -0.2) is 22.1 Å². The first kappa shape index (κ1) is 18.5. The van der Waals surface area contributed by atoms with Gasteiger partial charge in [-0.2, -0.15) is 11.8 Å². The van der Waals surface area contributed by atoms with Crippen molar-refractivity contribution >= 4 is 45.6 Å². The summed E-state index contributed by atoms with van der Waals surface area (Å²) in [4.78, 5) is 20.5. The average Bonchev–Trinajstić information content (AvgIpc) is 3.16. The van der Waals surface area contributed by atoms with Gasteiger partial charge in [0.25, 0.3) is 5.91 Å². The Morgan fingerprint density at radius 1 is 1.42 bits per heavy atom. The maximum absolute atomic E-state index is 12.2. The number of furan rings is 1. The first-order valence-corrected chi connectivity index (χ1v) is 9.22. The fourth-order valence-corrected chi connectivity index (χ4v) is 3.46. The van der Waals surface area contributed by atoms with Crippen molar-refractivity contribution in [3.63, 3.8) is 0 Å². The summed E-state index contributed by atoms with van der Waals surface area (Å²) < 4.78 is 5.49. The second-order valence-electron chi connectivity index (χ2n) is 4.53. The Morgan fingerprint density at radius 2 is 2.25 bits per heavy atom. The highest BCUT2D eigenvalue weighted by Gasteiger charge is 2.17. The zero-order valence-corrected chi connectivity index (χ0v) is 14.5. The van der Waals surface area contributed by atoms with Crippen LogP contribution in [0.5, 0.6) is 0 Å². The number of carbonyl (C=O) groups is 1. The van der Waals surface area contributed by atoms with Crippen LogP contribution in [0.2, 0.25) is 5.15 Å². The molecule has 0 aromatic carbocycles. The minimum Gasteiger partial charge on any atom is -0.455 e. The van der Waals surface area contributed by atoms with Crippen molar-refractivity contribution in [1.82, 2.24) is 9.97 Å². The SMILES string of the molecule is C.CSCc1ccc(C(=O)Nc2sc(-c3cccnc3)nc2Cl)o1. The number of thioether (sulfide) groups is 1. The molecule has 126 valence electrons. The highest BCUT2D eigenvalue weighted by atomic mass is 35.5. The smallest absolute Gasteiger partial charge is 0.292 e. The van der Waals surface area contributed by atoms with Crippen LogP contribution in [0.1, 0.15) is 23.7 Å². The van der Waals surface area contributed by atoms with Crippen LogP contribution < -0.4 is 5.32 Å². The fourth-order valence-electron chi connectivity index (χ4n) is 1.88. The molecule has 0 saturated carbocycles. The minimum absolute atomic E-state index is 0. The largest absolute Gasteiger partial charge is 0.455 e. The lowest BCUT2D eigenvalue weighted by Gasteiger charge is -1.99. The van der Waals surface area contributed by atoms with E-state index in [9.17, 15) is 4.79 Å². The number of halogens is 1. The number of pyridine rings is 1. The van der Waals surface area contributed by atoms with Crippen LogP contribution in [0.3, 0.4) is 0 Å². The van der Waals surface area contributed by atoms with Crippen LogP contribution in [0.25, 0.3) is 10.6 Å². The van der Waals surface area contributed by atoms with Crippen molar-refractivity contribution < 1.29 is 9.21 Å². The van der Waals surface area contributed by atoms with Crippen LogP contribution in [0.4, 0.5) is 5.00 Å². The summed E-state index contributed by atoms with van der Waals surface area (Å²) >= 11 is 9.03. The molecule has 3 aromatic rings. The lowest BCUT2D eigenvalue weighted by molar-refractivity contribution is 0.0995. The monoisotopic (exact) mass is 381 g/mol. The van der Waals surface area contributed by atoms with Crippen molar-refractivity contribution in [2.75, 3.05) is 11.6 Å². The molecule has 0 aliphatic heterocycles. The van der Waals surface area contributed by atoms with Gasteiger partial charge in [-0.3, -0.25) is 9.78 Å². The minimum atomic E-state index is -0.347. The number of anilines is 1. The molecule has 0 fully saturated rings. The van der Waals surface area contributed by atoms with Gasteiger partial charge in [-0.25, -0.2) is 4.98 Å². The van der Waals surface area contributed by atoms with Gasteiger partial charge >= 0.3 is 0 Å². The van der Waals surface area contributed by atoms with Crippen molar-refractivity contribution in [3.8, 4) is 10.6 Å². The molecule has 24 heavy (non-hydrogen) atoms. The molecule has 0 radical (unpaired) electrons. The van der Waals surface area contributed by atoms with E-state index in [0.717, 1.165) is 17.1 Å². The Balaban J connectivity index is 0.00000208. The number of amides is 1. The molecule has 0 unspecified atom stereocenters. The van der Waals surface area contributed by atoms with E-state index in [1.54, 1.807) is 36.3 Å². The number of nitrogens with one attached hydrogen (secondary N) is 1. The van der Waals surface area contributed by atoms with E-state index >= 15 is 0 Å². The highest BCUT2D eigenvalue weighted by molar-refractivity contribution is 7.97. The number of aromatic nitrogens is 2. The molecule has 0 aliphatic carbocycles. The van der Waals surface area contributed by atoms with E-state index in [2.05, 4.69) is 15.3 Å². The summed E-state index contributed by atoms with van der Waals surface area (Å²) in [7, 11) is 0. The summed E-state index contributed by atoms with van der Waals surface area (Å²) in [5, 5.41) is 4.16. The lowest BCUT2D eigenvalue weighted by Crippen LogP contribution is -2.10. The number of carbonyl (C=O) groups excluding carboxylic acids is 1. The number of hydrogen-bond acceptors (Lipinski definition) is 6. The summed E-state index contributed by atoms with van der Waals surface area (Å²) in [5.74, 6) is 1.39. The van der Waals surface area contributed by atoms with Gasteiger partial charge in [-0.1, -0.05) is 30.4 Å². The Hall–Kier alpha value is -1.83. The second kappa shape index (κ2) is 8.32. The molecular weight excluding hydrogens is 366 g/mol. The molecule has 3 aromatic heterocycles. The van der Waals surface area contributed by atoms with E-state index in [0.29, 0.717) is 10.0 Å². The molecule has 5 nitrogen and oxygen atoms in total. The van der Waals surface area contributed by atoms with Crippen LogP contribution in [-0.2, 0) is 5.75 Å². The van der Waals surface area contributed by atoms with E-state index in [4.69, 9.17) is 16.0 Å². The molecule has 0 spiro atoms. The quantitative estimate of drug-likeness (QED) is 0.657. The molecule has 0 bridgehead atoms. The van der Waals surface area contributed by atoms with E-state index in [1.165, 1.54) is 11.3 Å². The zero-order chi connectivity index (χ0) is 16.2. The molecule has 3 rings (SSSR count). The van der Waals surface area contributed by atoms with Crippen LogP contribution in [0.15, 0.2) is 41.1 Å². The van der Waals surface area contributed by atoms with Gasteiger partial charge in [-0.15, -0.1) is 0 Å². The summed E-state index contributed by atoms with van der Waals surface area (Å²) in [5.41, 5.74) is 0.847. The molecule has 0 aliphatic rings. The summed E-state index contributed by atoms with van der Waals surface area (Å²) in [6.07, 6.45) is 5.35.